The smallest absolute Gasteiger partial charge is 0.306 e. The van der Waals surface area contributed by atoms with E-state index in [4.69, 9.17) is 11.6 Å². The van der Waals surface area contributed by atoms with Crippen LogP contribution in [0.2, 0.25) is 5.28 Å². The Morgan fingerprint density at radius 2 is 2.00 bits per heavy atom. The normalized spacial score (nSPS) is 11.3. The van der Waals surface area contributed by atoms with E-state index in [1.807, 2.05) is 0 Å². The predicted octanol–water partition coefficient (Wildman–Crippen LogP) is 4.16. The number of carbonyl (C=O) groups is 1. The fraction of sp³-hybridized carbons (Fsp3) is 0.0833. The highest BCUT2D eigenvalue weighted by Gasteiger charge is 2.35. The molecule has 0 saturated heterocycles. The van der Waals surface area contributed by atoms with Gasteiger partial charge in [0.15, 0.2) is 0 Å². The molecule has 0 saturated carbocycles. The Bertz CT molecular complexity index is 694. The van der Waals surface area contributed by atoms with E-state index in [0.29, 0.717) is 0 Å². The van der Waals surface area contributed by atoms with Crippen molar-refractivity contribution in [2.45, 2.75) is 6.18 Å². The lowest BCUT2D eigenvalue weighted by Gasteiger charge is -2.13. The SMILES string of the molecule is O=C(Nc1ccnc(Cl)n1)c1ccc(Br)cc1C(F)(F)F. The Kier molecular flexibility index (Phi) is 4.48. The van der Waals surface area contributed by atoms with Crippen LogP contribution in [-0.4, -0.2) is 15.9 Å². The zero-order valence-electron chi connectivity index (χ0n) is 10.1. The van der Waals surface area contributed by atoms with Gasteiger partial charge in [-0.25, -0.2) is 9.97 Å². The van der Waals surface area contributed by atoms with Gasteiger partial charge in [0, 0.05) is 10.7 Å². The molecule has 0 aliphatic rings. The van der Waals surface area contributed by atoms with Crippen molar-refractivity contribution in [3.05, 3.63) is 51.3 Å². The lowest BCUT2D eigenvalue weighted by molar-refractivity contribution is -0.137. The molecule has 0 atom stereocenters. The summed E-state index contributed by atoms with van der Waals surface area (Å²) in [5, 5.41) is 2.12. The highest BCUT2D eigenvalue weighted by Crippen LogP contribution is 2.34. The number of aromatic nitrogens is 2. The minimum absolute atomic E-state index is 0.0102. The minimum Gasteiger partial charge on any atom is -0.306 e. The minimum atomic E-state index is -4.65. The summed E-state index contributed by atoms with van der Waals surface area (Å²) in [6.07, 6.45) is -3.38. The summed E-state index contributed by atoms with van der Waals surface area (Å²) in [5.41, 5.74) is -1.56. The molecule has 9 heteroatoms. The van der Waals surface area contributed by atoms with Crippen molar-refractivity contribution in [1.82, 2.24) is 9.97 Å². The average Bonchev–Trinajstić information content (AvgIpc) is 2.37. The Labute approximate surface area is 130 Å². The van der Waals surface area contributed by atoms with Gasteiger partial charge in [-0.05, 0) is 35.9 Å². The van der Waals surface area contributed by atoms with Gasteiger partial charge in [0.2, 0.25) is 5.28 Å². The number of carbonyl (C=O) groups excluding carboxylic acids is 1. The number of nitrogens with one attached hydrogen (secondary N) is 1. The standard InChI is InChI=1S/C12H6BrClF3N3O/c13-6-1-2-7(8(5-6)12(15,16)17)10(21)19-9-3-4-18-11(14)20-9/h1-5H,(H,18,19,20,21). The van der Waals surface area contributed by atoms with Gasteiger partial charge in [0.25, 0.3) is 5.91 Å². The second-order valence-corrected chi connectivity index (χ2v) is 5.11. The number of hydrogen-bond donors (Lipinski definition) is 1. The van der Waals surface area contributed by atoms with Crippen LogP contribution in [0.25, 0.3) is 0 Å². The van der Waals surface area contributed by atoms with Crippen LogP contribution in [0, 0.1) is 0 Å². The van der Waals surface area contributed by atoms with Crippen molar-refractivity contribution in [1.29, 1.82) is 0 Å². The molecule has 2 rings (SSSR count). The molecule has 1 aromatic carbocycles. The van der Waals surface area contributed by atoms with Crippen LogP contribution >= 0.6 is 27.5 Å². The number of anilines is 1. The van der Waals surface area contributed by atoms with Crippen molar-refractivity contribution >= 4 is 39.3 Å². The zero-order chi connectivity index (χ0) is 15.6. The number of benzene rings is 1. The van der Waals surface area contributed by atoms with Crippen LogP contribution in [0.4, 0.5) is 19.0 Å². The molecule has 1 N–H and O–H groups in total. The molecule has 110 valence electrons. The Hall–Kier alpha value is -1.67. The molecule has 0 aliphatic heterocycles. The lowest BCUT2D eigenvalue weighted by Crippen LogP contribution is -2.19. The Morgan fingerprint density at radius 3 is 2.62 bits per heavy atom. The van der Waals surface area contributed by atoms with Gasteiger partial charge in [0.05, 0.1) is 11.1 Å². The quantitative estimate of drug-likeness (QED) is 0.796. The number of nitrogens with zero attached hydrogens (tertiary/aromatic N) is 2. The Morgan fingerprint density at radius 1 is 1.29 bits per heavy atom. The molecule has 1 aromatic heterocycles. The van der Waals surface area contributed by atoms with E-state index in [0.717, 1.165) is 12.1 Å². The second-order valence-electron chi connectivity index (χ2n) is 3.85. The lowest BCUT2D eigenvalue weighted by atomic mass is 10.1. The monoisotopic (exact) mass is 379 g/mol. The summed E-state index contributed by atoms with van der Waals surface area (Å²) in [6.45, 7) is 0. The second kappa shape index (κ2) is 5.98. The van der Waals surface area contributed by atoms with Gasteiger partial charge >= 0.3 is 6.18 Å². The third kappa shape index (κ3) is 3.92. The van der Waals surface area contributed by atoms with Gasteiger partial charge in [-0.2, -0.15) is 13.2 Å². The number of hydrogen-bond acceptors (Lipinski definition) is 3. The van der Waals surface area contributed by atoms with Crippen LogP contribution in [0.5, 0.6) is 0 Å². The van der Waals surface area contributed by atoms with Gasteiger partial charge < -0.3 is 5.32 Å². The first-order valence-electron chi connectivity index (χ1n) is 5.44. The molecule has 0 unspecified atom stereocenters. The third-order valence-electron chi connectivity index (χ3n) is 2.40. The number of amides is 1. The van der Waals surface area contributed by atoms with Gasteiger partial charge in [0.1, 0.15) is 5.82 Å². The van der Waals surface area contributed by atoms with Crippen LogP contribution in [0.15, 0.2) is 34.9 Å². The summed E-state index contributed by atoms with van der Waals surface area (Å²) in [6, 6.07) is 4.57. The Balaban J connectivity index is 2.35. The first-order valence-corrected chi connectivity index (χ1v) is 6.61. The average molecular weight is 381 g/mol. The largest absolute Gasteiger partial charge is 0.417 e. The zero-order valence-corrected chi connectivity index (χ0v) is 12.4. The van der Waals surface area contributed by atoms with Crippen molar-refractivity contribution in [3.8, 4) is 0 Å². The summed E-state index contributed by atoms with van der Waals surface area (Å²) in [5.74, 6) is -0.930. The molecule has 1 amide bonds. The molecule has 4 nitrogen and oxygen atoms in total. The van der Waals surface area contributed by atoms with E-state index in [1.54, 1.807) is 0 Å². The summed E-state index contributed by atoms with van der Waals surface area (Å²) < 4.78 is 39.1. The fourth-order valence-electron chi connectivity index (χ4n) is 1.54. The fourth-order valence-corrected chi connectivity index (χ4v) is 2.05. The summed E-state index contributed by atoms with van der Waals surface area (Å²) in [4.78, 5) is 19.3. The molecule has 2 aromatic rings. The van der Waals surface area contributed by atoms with Crippen molar-refractivity contribution in [2.75, 3.05) is 5.32 Å². The number of halogens is 5. The van der Waals surface area contributed by atoms with Crippen molar-refractivity contribution < 1.29 is 18.0 Å². The van der Waals surface area contributed by atoms with Crippen LogP contribution in [-0.2, 0) is 6.18 Å². The van der Waals surface area contributed by atoms with E-state index in [9.17, 15) is 18.0 Å². The van der Waals surface area contributed by atoms with Crippen molar-refractivity contribution in [3.63, 3.8) is 0 Å². The highest BCUT2D eigenvalue weighted by molar-refractivity contribution is 9.10. The first kappa shape index (κ1) is 15.7. The summed E-state index contributed by atoms with van der Waals surface area (Å²) in [7, 11) is 0. The van der Waals surface area contributed by atoms with E-state index >= 15 is 0 Å². The highest BCUT2D eigenvalue weighted by atomic mass is 79.9. The number of rotatable bonds is 2. The van der Waals surface area contributed by atoms with E-state index in [1.165, 1.54) is 18.3 Å². The molecule has 1 heterocycles. The van der Waals surface area contributed by atoms with Crippen LogP contribution in [0.1, 0.15) is 15.9 Å². The maximum absolute atomic E-state index is 12.9. The third-order valence-corrected chi connectivity index (χ3v) is 3.07. The topological polar surface area (TPSA) is 54.9 Å². The summed E-state index contributed by atoms with van der Waals surface area (Å²) >= 11 is 8.48. The van der Waals surface area contributed by atoms with Gasteiger partial charge in [-0.3, -0.25) is 4.79 Å². The van der Waals surface area contributed by atoms with E-state index in [2.05, 4.69) is 31.2 Å². The molecular weight excluding hydrogens is 375 g/mol. The predicted molar refractivity (Wildman–Crippen MR) is 74.1 cm³/mol. The maximum Gasteiger partial charge on any atom is 0.417 e. The molecule has 0 fully saturated rings. The van der Waals surface area contributed by atoms with Crippen LogP contribution in [0.3, 0.4) is 0 Å². The van der Waals surface area contributed by atoms with Crippen molar-refractivity contribution in [2.24, 2.45) is 0 Å². The molecule has 21 heavy (non-hydrogen) atoms. The maximum atomic E-state index is 12.9. The molecule has 0 radical (unpaired) electrons. The van der Waals surface area contributed by atoms with E-state index in [-0.39, 0.29) is 15.6 Å². The van der Waals surface area contributed by atoms with E-state index < -0.39 is 23.2 Å². The van der Waals surface area contributed by atoms with Gasteiger partial charge in [-0.15, -0.1) is 0 Å². The first-order chi connectivity index (χ1) is 9.77. The molecular formula is C12H6BrClF3N3O. The van der Waals surface area contributed by atoms with Crippen LogP contribution < -0.4 is 5.32 Å². The molecule has 0 aliphatic carbocycles. The molecule has 0 spiro atoms. The molecule has 0 bridgehead atoms. The number of alkyl halides is 3. The van der Waals surface area contributed by atoms with Gasteiger partial charge in [-0.1, -0.05) is 15.9 Å².